The molecule has 0 unspecified atom stereocenters. The number of nitrogens with zero attached hydrogens (tertiary/aromatic N) is 1. The van der Waals surface area contributed by atoms with Crippen molar-refractivity contribution in [3.05, 3.63) is 34.1 Å². The molecule has 0 aliphatic carbocycles. The molecule has 17 heavy (non-hydrogen) atoms. The number of amides is 1. The molecule has 5 heteroatoms. The molecule has 1 aromatic carbocycles. The van der Waals surface area contributed by atoms with E-state index in [-0.39, 0.29) is 18.3 Å². The summed E-state index contributed by atoms with van der Waals surface area (Å²) in [5, 5.41) is 2.80. The molecule has 1 rings (SSSR count). The lowest BCUT2D eigenvalue weighted by atomic mass is 10.2. The van der Waals surface area contributed by atoms with Crippen LogP contribution in [-0.4, -0.2) is 30.9 Å². The average molecular weight is 303 g/mol. The van der Waals surface area contributed by atoms with E-state index in [9.17, 15) is 9.18 Å². The Kier molecular flexibility index (Phi) is 5.58. The SMILES string of the molecule is CCN(Cc1cc(Br)ccc1F)C(=O)CNC. The Morgan fingerprint density at radius 1 is 1.53 bits per heavy atom. The minimum Gasteiger partial charge on any atom is -0.337 e. The van der Waals surface area contributed by atoms with Crippen molar-refractivity contribution < 1.29 is 9.18 Å². The van der Waals surface area contributed by atoms with Crippen molar-refractivity contribution in [1.82, 2.24) is 10.2 Å². The summed E-state index contributed by atoms with van der Waals surface area (Å²) in [7, 11) is 1.71. The van der Waals surface area contributed by atoms with Crippen LogP contribution in [0.25, 0.3) is 0 Å². The van der Waals surface area contributed by atoms with Crippen LogP contribution in [0, 0.1) is 5.82 Å². The smallest absolute Gasteiger partial charge is 0.236 e. The van der Waals surface area contributed by atoms with Crippen LogP contribution in [0.15, 0.2) is 22.7 Å². The molecule has 3 nitrogen and oxygen atoms in total. The summed E-state index contributed by atoms with van der Waals surface area (Å²) in [5.74, 6) is -0.321. The second kappa shape index (κ2) is 6.71. The summed E-state index contributed by atoms with van der Waals surface area (Å²) in [6.45, 7) is 3.00. The quantitative estimate of drug-likeness (QED) is 0.904. The van der Waals surface area contributed by atoms with Gasteiger partial charge in [0, 0.05) is 23.1 Å². The molecular weight excluding hydrogens is 287 g/mol. The molecule has 0 aliphatic rings. The summed E-state index contributed by atoms with van der Waals surface area (Å²) in [5.41, 5.74) is 0.519. The fraction of sp³-hybridized carbons (Fsp3) is 0.417. The first-order valence-electron chi connectivity index (χ1n) is 5.44. The maximum Gasteiger partial charge on any atom is 0.236 e. The Hall–Kier alpha value is -0.940. The highest BCUT2D eigenvalue weighted by atomic mass is 79.9. The van der Waals surface area contributed by atoms with Crippen LogP contribution in [-0.2, 0) is 11.3 Å². The zero-order chi connectivity index (χ0) is 12.8. The van der Waals surface area contributed by atoms with Crippen LogP contribution in [0.3, 0.4) is 0 Å². The van der Waals surface area contributed by atoms with Gasteiger partial charge in [-0.2, -0.15) is 0 Å². The number of hydrogen-bond acceptors (Lipinski definition) is 2. The summed E-state index contributed by atoms with van der Waals surface area (Å²) >= 11 is 3.29. The summed E-state index contributed by atoms with van der Waals surface area (Å²) in [6, 6.07) is 4.74. The van der Waals surface area contributed by atoms with E-state index in [1.54, 1.807) is 24.1 Å². The van der Waals surface area contributed by atoms with Gasteiger partial charge in [0.05, 0.1) is 6.54 Å². The summed E-state index contributed by atoms with van der Waals surface area (Å²) < 4.78 is 14.4. The second-order valence-corrected chi connectivity index (χ2v) is 4.59. The first-order valence-corrected chi connectivity index (χ1v) is 6.24. The average Bonchev–Trinajstić information content (AvgIpc) is 2.30. The minimum absolute atomic E-state index is 0.0330. The number of benzene rings is 1. The topological polar surface area (TPSA) is 32.3 Å². The Labute approximate surface area is 109 Å². The molecule has 0 radical (unpaired) electrons. The van der Waals surface area contributed by atoms with Gasteiger partial charge in [-0.25, -0.2) is 4.39 Å². The lowest BCUT2D eigenvalue weighted by Crippen LogP contribution is -2.36. The van der Waals surface area contributed by atoms with Gasteiger partial charge in [0.1, 0.15) is 5.82 Å². The Bertz CT molecular complexity index is 398. The van der Waals surface area contributed by atoms with Gasteiger partial charge >= 0.3 is 0 Å². The monoisotopic (exact) mass is 302 g/mol. The van der Waals surface area contributed by atoms with E-state index >= 15 is 0 Å². The van der Waals surface area contributed by atoms with Crippen LogP contribution < -0.4 is 5.32 Å². The first-order chi connectivity index (χ1) is 8.08. The fourth-order valence-electron chi connectivity index (χ4n) is 1.51. The van der Waals surface area contributed by atoms with Crippen molar-refractivity contribution in [3.63, 3.8) is 0 Å². The van der Waals surface area contributed by atoms with Gasteiger partial charge in [-0.15, -0.1) is 0 Å². The van der Waals surface area contributed by atoms with E-state index in [1.807, 2.05) is 6.92 Å². The van der Waals surface area contributed by atoms with Crippen LogP contribution in [0.5, 0.6) is 0 Å². The van der Waals surface area contributed by atoms with E-state index < -0.39 is 0 Å². The van der Waals surface area contributed by atoms with Crippen molar-refractivity contribution in [2.75, 3.05) is 20.1 Å². The van der Waals surface area contributed by atoms with Gasteiger partial charge in [-0.1, -0.05) is 15.9 Å². The molecule has 0 aromatic heterocycles. The van der Waals surface area contributed by atoms with Gasteiger partial charge < -0.3 is 10.2 Å². The summed E-state index contributed by atoms with van der Waals surface area (Å²) in [4.78, 5) is 13.3. The molecule has 0 fully saturated rings. The normalized spacial score (nSPS) is 10.4. The van der Waals surface area contributed by atoms with Crippen LogP contribution in [0.2, 0.25) is 0 Å². The van der Waals surface area contributed by atoms with E-state index in [1.165, 1.54) is 6.07 Å². The van der Waals surface area contributed by atoms with Crippen LogP contribution in [0.1, 0.15) is 12.5 Å². The molecule has 1 aromatic rings. The molecular formula is C12H16BrFN2O. The zero-order valence-corrected chi connectivity index (χ0v) is 11.6. The number of carbonyl (C=O) groups excluding carboxylic acids is 1. The third kappa shape index (κ3) is 4.09. The number of hydrogen-bond donors (Lipinski definition) is 1. The van der Waals surface area contributed by atoms with Crippen molar-refractivity contribution in [2.24, 2.45) is 0 Å². The largest absolute Gasteiger partial charge is 0.337 e. The van der Waals surface area contributed by atoms with Gasteiger partial charge in [0.25, 0.3) is 0 Å². The molecule has 0 saturated heterocycles. The molecule has 0 heterocycles. The third-order valence-corrected chi connectivity index (χ3v) is 2.92. The van der Waals surface area contributed by atoms with E-state index in [0.717, 1.165) is 4.47 Å². The maximum atomic E-state index is 13.5. The highest BCUT2D eigenvalue weighted by Crippen LogP contribution is 2.17. The zero-order valence-electron chi connectivity index (χ0n) is 9.96. The van der Waals surface area contributed by atoms with Gasteiger partial charge in [-0.05, 0) is 32.2 Å². The first kappa shape index (κ1) is 14.1. The van der Waals surface area contributed by atoms with E-state index in [4.69, 9.17) is 0 Å². The number of rotatable bonds is 5. The Balaban J connectivity index is 2.80. The molecule has 0 saturated carbocycles. The molecule has 0 atom stereocenters. The van der Waals surface area contributed by atoms with Crippen molar-refractivity contribution in [2.45, 2.75) is 13.5 Å². The minimum atomic E-state index is -0.288. The van der Waals surface area contributed by atoms with Crippen molar-refractivity contribution in [1.29, 1.82) is 0 Å². The fourth-order valence-corrected chi connectivity index (χ4v) is 1.92. The maximum absolute atomic E-state index is 13.5. The summed E-state index contributed by atoms with van der Waals surface area (Å²) in [6.07, 6.45) is 0. The van der Waals surface area contributed by atoms with E-state index in [2.05, 4.69) is 21.2 Å². The molecule has 0 aliphatic heterocycles. The molecule has 0 bridgehead atoms. The van der Waals surface area contributed by atoms with Crippen molar-refractivity contribution in [3.8, 4) is 0 Å². The number of nitrogens with one attached hydrogen (secondary N) is 1. The predicted molar refractivity (Wildman–Crippen MR) is 69.1 cm³/mol. The van der Waals surface area contributed by atoms with Crippen molar-refractivity contribution >= 4 is 21.8 Å². The van der Waals surface area contributed by atoms with E-state index in [0.29, 0.717) is 18.7 Å². The highest BCUT2D eigenvalue weighted by Gasteiger charge is 2.13. The standard InChI is InChI=1S/C12H16BrFN2O/c1-3-16(12(17)7-15-2)8-9-6-10(13)4-5-11(9)14/h4-6,15H,3,7-8H2,1-2H3. The molecule has 94 valence electrons. The molecule has 1 amide bonds. The van der Waals surface area contributed by atoms with Gasteiger partial charge in [0.15, 0.2) is 0 Å². The lowest BCUT2D eigenvalue weighted by molar-refractivity contribution is -0.130. The Morgan fingerprint density at radius 2 is 2.24 bits per heavy atom. The predicted octanol–water partition coefficient (Wildman–Crippen LogP) is 2.16. The van der Waals surface area contributed by atoms with Crippen LogP contribution in [0.4, 0.5) is 4.39 Å². The highest BCUT2D eigenvalue weighted by molar-refractivity contribution is 9.10. The second-order valence-electron chi connectivity index (χ2n) is 3.67. The van der Waals surface area contributed by atoms with Gasteiger partial charge in [-0.3, -0.25) is 4.79 Å². The van der Waals surface area contributed by atoms with Crippen LogP contribution >= 0.6 is 15.9 Å². The Morgan fingerprint density at radius 3 is 2.82 bits per heavy atom. The molecule has 0 spiro atoms. The number of likely N-dealkylation sites (N-methyl/N-ethyl adjacent to an activating group) is 2. The molecule has 1 N–H and O–H groups in total. The number of carbonyl (C=O) groups is 1. The lowest BCUT2D eigenvalue weighted by Gasteiger charge is -2.21. The van der Waals surface area contributed by atoms with Gasteiger partial charge in [0.2, 0.25) is 5.91 Å². The number of halogens is 2. The third-order valence-electron chi connectivity index (χ3n) is 2.43.